The van der Waals surface area contributed by atoms with E-state index in [9.17, 15) is 17.6 Å². The van der Waals surface area contributed by atoms with E-state index < -0.39 is 15.9 Å². The van der Waals surface area contributed by atoms with E-state index in [1.54, 1.807) is 48.5 Å². The molecule has 0 saturated carbocycles. The highest BCUT2D eigenvalue weighted by Gasteiger charge is 2.27. The third-order valence-electron chi connectivity index (χ3n) is 4.64. The number of carbonyl (C=O) groups is 1. The minimum absolute atomic E-state index is 0.109. The van der Waals surface area contributed by atoms with Crippen molar-refractivity contribution >= 4 is 37.5 Å². The number of benzene rings is 3. The standard InChI is InChI=1S/C23H22BrFN2O3S/c1-17-5-11-22(12-6-17)31(29,30)27(21-4-2-3-19(24)15-21)16-23(28)26-14-13-18-7-9-20(25)10-8-18/h2-12,15H,13-14,16H2,1H3,(H,26,28). The van der Waals surface area contributed by atoms with Crippen LogP contribution in [0, 0.1) is 12.7 Å². The molecule has 0 aliphatic carbocycles. The summed E-state index contributed by atoms with van der Waals surface area (Å²) in [5, 5.41) is 2.74. The van der Waals surface area contributed by atoms with Gasteiger partial charge in [-0.2, -0.15) is 0 Å². The van der Waals surface area contributed by atoms with Crippen LogP contribution >= 0.6 is 15.9 Å². The van der Waals surface area contributed by atoms with E-state index >= 15 is 0 Å². The van der Waals surface area contributed by atoms with E-state index in [1.165, 1.54) is 24.3 Å². The second kappa shape index (κ2) is 10.1. The summed E-state index contributed by atoms with van der Waals surface area (Å²) in [6.07, 6.45) is 0.508. The Hall–Kier alpha value is -2.71. The molecule has 0 aliphatic rings. The molecule has 0 radical (unpaired) electrons. The van der Waals surface area contributed by atoms with Crippen molar-refractivity contribution in [2.24, 2.45) is 0 Å². The molecule has 1 N–H and O–H groups in total. The Bertz CT molecular complexity index is 1150. The number of rotatable bonds is 8. The van der Waals surface area contributed by atoms with E-state index in [2.05, 4.69) is 21.2 Å². The van der Waals surface area contributed by atoms with Crippen LogP contribution < -0.4 is 9.62 Å². The minimum Gasteiger partial charge on any atom is -0.354 e. The highest BCUT2D eigenvalue weighted by Crippen LogP contribution is 2.26. The zero-order chi connectivity index (χ0) is 22.4. The second-order valence-corrected chi connectivity index (χ2v) is 9.81. The molecule has 0 fully saturated rings. The Morgan fingerprint density at radius 3 is 2.35 bits per heavy atom. The number of sulfonamides is 1. The maximum atomic E-state index is 13.3. The number of carbonyl (C=O) groups excluding carboxylic acids is 1. The molecule has 162 valence electrons. The van der Waals surface area contributed by atoms with Crippen LogP contribution in [0.4, 0.5) is 10.1 Å². The molecular weight excluding hydrogens is 483 g/mol. The first-order valence-corrected chi connectivity index (χ1v) is 11.8. The molecule has 3 rings (SSSR count). The van der Waals surface area contributed by atoms with E-state index in [0.29, 0.717) is 23.1 Å². The molecule has 0 aliphatic heterocycles. The van der Waals surface area contributed by atoms with Crippen molar-refractivity contribution in [3.8, 4) is 0 Å². The van der Waals surface area contributed by atoms with Gasteiger partial charge in [-0.15, -0.1) is 0 Å². The maximum absolute atomic E-state index is 13.3. The van der Waals surface area contributed by atoms with Gasteiger partial charge in [-0.1, -0.05) is 51.8 Å². The predicted molar refractivity (Wildman–Crippen MR) is 123 cm³/mol. The molecule has 0 unspecified atom stereocenters. The number of nitrogens with one attached hydrogen (secondary N) is 1. The maximum Gasteiger partial charge on any atom is 0.264 e. The van der Waals surface area contributed by atoms with Crippen LogP contribution in [-0.4, -0.2) is 27.4 Å². The number of nitrogens with zero attached hydrogens (tertiary/aromatic N) is 1. The molecule has 0 heterocycles. The lowest BCUT2D eigenvalue weighted by Gasteiger charge is -2.24. The van der Waals surface area contributed by atoms with Gasteiger partial charge in [0.05, 0.1) is 10.6 Å². The summed E-state index contributed by atoms with van der Waals surface area (Å²) in [5.41, 5.74) is 2.19. The monoisotopic (exact) mass is 504 g/mol. The zero-order valence-electron chi connectivity index (χ0n) is 16.9. The highest BCUT2D eigenvalue weighted by atomic mass is 79.9. The minimum atomic E-state index is -3.95. The SMILES string of the molecule is Cc1ccc(S(=O)(=O)N(CC(=O)NCCc2ccc(F)cc2)c2cccc(Br)c2)cc1. The van der Waals surface area contributed by atoms with Crippen molar-refractivity contribution < 1.29 is 17.6 Å². The lowest BCUT2D eigenvalue weighted by atomic mass is 10.1. The lowest BCUT2D eigenvalue weighted by molar-refractivity contribution is -0.119. The molecule has 3 aromatic carbocycles. The van der Waals surface area contributed by atoms with E-state index in [0.717, 1.165) is 15.4 Å². The van der Waals surface area contributed by atoms with Gasteiger partial charge in [0.15, 0.2) is 0 Å². The second-order valence-electron chi connectivity index (χ2n) is 7.03. The Labute approximate surface area is 190 Å². The van der Waals surface area contributed by atoms with E-state index in [4.69, 9.17) is 0 Å². The van der Waals surface area contributed by atoms with Crippen LogP contribution in [0.15, 0.2) is 82.2 Å². The number of anilines is 1. The fraction of sp³-hybridized carbons (Fsp3) is 0.174. The average Bonchev–Trinajstić information content (AvgIpc) is 2.73. The molecule has 31 heavy (non-hydrogen) atoms. The Kier molecular flexibility index (Phi) is 7.46. The van der Waals surface area contributed by atoms with Gasteiger partial charge in [0.25, 0.3) is 10.0 Å². The number of amides is 1. The van der Waals surface area contributed by atoms with Gasteiger partial charge in [0.2, 0.25) is 5.91 Å². The fourth-order valence-electron chi connectivity index (χ4n) is 2.97. The third kappa shape index (κ3) is 6.15. The van der Waals surface area contributed by atoms with Gasteiger partial charge in [-0.05, 0) is 61.4 Å². The van der Waals surface area contributed by atoms with Crippen molar-refractivity contribution in [3.63, 3.8) is 0 Å². The van der Waals surface area contributed by atoms with Crippen LogP contribution in [0.3, 0.4) is 0 Å². The normalized spacial score (nSPS) is 11.2. The molecule has 0 spiro atoms. The molecule has 0 aromatic heterocycles. The summed E-state index contributed by atoms with van der Waals surface area (Å²) in [6.45, 7) is 1.81. The molecule has 0 bridgehead atoms. The van der Waals surface area contributed by atoms with Gasteiger partial charge in [-0.25, -0.2) is 12.8 Å². The highest BCUT2D eigenvalue weighted by molar-refractivity contribution is 9.10. The van der Waals surface area contributed by atoms with Gasteiger partial charge < -0.3 is 5.32 Å². The number of hydrogen-bond acceptors (Lipinski definition) is 3. The molecular formula is C23H22BrFN2O3S. The molecule has 5 nitrogen and oxygen atoms in total. The first kappa shape index (κ1) is 23.0. The smallest absolute Gasteiger partial charge is 0.264 e. The van der Waals surface area contributed by atoms with Crippen LogP contribution in [0.1, 0.15) is 11.1 Å². The number of aryl methyl sites for hydroxylation is 1. The van der Waals surface area contributed by atoms with Crippen molar-refractivity contribution in [1.29, 1.82) is 0 Å². The zero-order valence-corrected chi connectivity index (χ0v) is 19.3. The summed E-state index contributed by atoms with van der Waals surface area (Å²) < 4.78 is 41.4. The molecule has 0 atom stereocenters. The van der Waals surface area contributed by atoms with Gasteiger partial charge in [-0.3, -0.25) is 9.10 Å². The van der Waals surface area contributed by atoms with Gasteiger partial charge >= 0.3 is 0 Å². The largest absolute Gasteiger partial charge is 0.354 e. The predicted octanol–water partition coefficient (Wildman–Crippen LogP) is 4.45. The van der Waals surface area contributed by atoms with Crippen molar-refractivity contribution in [2.75, 3.05) is 17.4 Å². The Morgan fingerprint density at radius 2 is 1.71 bits per heavy atom. The molecule has 1 amide bonds. The Morgan fingerprint density at radius 1 is 1.03 bits per heavy atom. The topological polar surface area (TPSA) is 66.5 Å². The van der Waals surface area contributed by atoms with E-state index in [-0.39, 0.29) is 17.3 Å². The van der Waals surface area contributed by atoms with E-state index in [1.807, 2.05) is 6.92 Å². The third-order valence-corrected chi connectivity index (χ3v) is 6.92. The van der Waals surface area contributed by atoms with Crippen LogP contribution in [-0.2, 0) is 21.2 Å². The summed E-state index contributed by atoms with van der Waals surface area (Å²) >= 11 is 3.35. The van der Waals surface area contributed by atoms with Crippen LogP contribution in [0.2, 0.25) is 0 Å². The molecule has 0 saturated heterocycles. The van der Waals surface area contributed by atoms with Crippen molar-refractivity contribution in [2.45, 2.75) is 18.2 Å². The van der Waals surface area contributed by atoms with Gasteiger partial charge in [0.1, 0.15) is 12.4 Å². The summed E-state index contributed by atoms with van der Waals surface area (Å²) in [7, 11) is -3.95. The lowest BCUT2D eigenvalue weighted by Crippen LogP contribution is -2.41. The number of hydrogen-bond donors (Lipinski definition) is 1. The van der Waals surface area contributed by atoms with Crippen molar-refractivity contribution in [3.05, 3.63) is 94.2 Å². The molecule has 8 heteroatoms. The van der Waals surface area contributed by atoms with Crippen LogP contribution in [0.25, 0.3) is 0 Å². The van der Waals surface area contributed by atoms with Gasteiger partial charge in [0, 0.05) is 11.0 Å². The summed E-state index contributed by atoms with van der Waals surface area (Å²) in [5.74, 6) is -0.753. The average molecular weight is 505 g/mol. The summed E-state index contributed by atoms with van der Waals surface area (Å²) in [4.78, 5) is 12.7. The quantitative estimate of drug-likeness (QED) is 0.492. The first-order valence-electron chi connectivity index (χ1n) is 9.62. The summed E-state index contributed by atoms with van der Waals surface area (Å²) in [6, 6.07) is 19.3. The first-order chi connectivity index (χ1) is 14.8. The fourth-order valence-corrected chi connectivity index (χ4v) is 4.77. The Balaban J connectivity index is 1.77. The van der Waals surface area contributed by atoms with Crippen molar-refractivity contribution in [1.82, 2.24) is 5.32 Å². The van der Waals surface area contributed by atoms with Crippen LogP contribution in [0.5, 0.6) is 0 Å². The number of halogens is 2. The molecule has 3 aromatic rings.